The summed E-state index contributed by atoms with van der Waals surface area (Å²) in [7, 11) is 0. The molecule has 1 aliphatic heterocycles. The first-order valence-corrected chi connectivity index (χ1v) is 10.1. The Morgan fingerprint density at radius 2 is 1.26 bits per heavy atom. The number of carbonyl (C=O) groups is 2. The van der Waals surface area contributed by atoms with Crippen molar-refractivity contribution in [3.63, 3.8) is 0 Å². The number of para-hydroxylation sites is 2. The summed E-state index contributed by atoms with van der Waals surface area (Å²) >= 11 is 0. The highest BCUT2D eigenvalue weighted by Crippen LogP contribution is 2.28. The minimum absolute atomic E-state index is 0.0222. The third-order valence-electron chi connectivity index (χ3n) is 5.06. The molecule has 1 aliphatic rings. The van der Waals surface area contributed by atoms with Crippen LogP contribution in [0.3, 0.4) is 0 Å². The Hall–Kier alpha value is -3.10. The zero-order chi connectivity index (χ0) is 22.4. The average Bonchev–Trinajstić information content (AvgIpc) is 2.92. The van der Waals surface area contributed by atoms with Gasteiger partial charge in [0.2, 0.25) is 0 Å². The molecule has 31 heavy (non-hydrogen) atoms. The van der Waals surface area contributed by atoms with E-state index < -0.39 is 29.7 Å². The average molecular weight is 428 g/mol. The summed E-state index contributed by atoms with van der Waals surface area (Å²) in [6, 6.07) is 17.4. The molecule has 0 radical (unpaired) electrons. The van der Waals surface area contributed by atoms with Crippen molar-refractivity contribution in [3.05, 3.63) is 60.7 Å². The standard InChI is InChI=1S/C23H28N2O6/c1-23(2)21(28)24(13-17(26)15-30-19-9-5-3-6-10-19)22(29)25(23)14-18(27)16-31-20-11-7-4-8-12-20/h3-12,17-18,26-27H,13-16H2,1-2H3. The monoisotopic (exact) mass is 428 g/mol. The highest BCUT2D eigenvalue weighted by molar-refractivity contribution is 6.06. The van der Waals surface area contributed by atoms with Gasteiger partial charge in [0.25, 0.3) is 5.91 Å². The fraction of sp³-hybridized carbons (Fsp3) is 0.391. The largest absolute Gasteiger partial charge is 0.491 e. The van der Waals surface area contributed by atoms with Crippen molar-refractivity contribution in [1.82, 2.24) is 9.80 Å². The summed E-state index contributed by atoms with van der Waals surface area (Å²) in [5, 5.41) is 20.7. The number of carbonyl (C=O) groups excluding carboxylic acids is 2. The van der Waals surface area contributed by atoms with Gasteiger partial charge in [0.15, 0.2) is 0 Å². The molecule has 0 aromatic heterocycles. The summed E-state index contributed by atoms with van der Waals surface area (Å²) in [4.78, 5) is 28.0. The molecule has 2 unspecified atom stereocenters. The second kappa shape index (κ2) is 9.80. The van der Waals surface area contributed by atoms with Crippen LogP contribution in [0, 0.1) is 0 Å². The molecule has 0 bridgehead atoms. The number of aliphatic hydroxyl groups is 2. The number of rotatable bonds is 10. The number of nitrogens with zero attached hydrogens (tertiary/aromatic N) is 2. The van der Waals surface area contributed by atoms with Crippen LogP contribution in [0.5, 0.6) is 11.5 Å². The van der Waals surface area contributed by atoms with Crippen LogP contribution in [0.2, 0.25) is 0 Å². The van der Waals surface area contributed by atoms with Crippen LogP contribution >= 0.6 is 0 Å². The minimum atomic E-state index is -1.15. The lowest BCUT2D eigenvalue weighted by Crippen LogP contribution is -2.48. The molecule has 0 aliphatic carbocycles. The van der Waals surface area contributed by atoms with E-state index in [1.54, 1.807) is 38.1 Å². The first kappa shape index (κ1) is 22.6. The van der Waals surface area contributed by atoms with Crippen molar-refractivity contribution in [2.24, 2.45) is 0 Å². The van der Waals surface area contributed by atoms with Gasteiger partial charge in [0.1, 0.15) is 42.5 Å². The zero-order valence-corrected chi connectivity index (χ0v) is 17.7. The topological polar surface area (TPSA) is 99.5 Å². The molecule has 166 valence electrons. The quantitative estimate of drug-likeness (QED) is 0.561. The Morgan fingerprint density at radius 3 is 1.74 bits per heavy atom. The van der Waals surface area contributed by atoms with Gasteiger partial charge in [0.05, 0.1) is 13.1 Å². The highest BCUT2D eigenvalue weighted by atomic mass is 16.5. The van der Waals surface area contributed by atoms with Crippen molar-refractivity contribution >= 4 is 11.9 Å². The normalized spacial score (nSPS) is 17.5. The number of hydrogen-bond acceptors (Lipinski definition) is 6. The molecular formula is C23H28N2O6. The van der Waals surface area contributed by atoms with Gasteiger partial charge in [-0.25, -0.2) is 4.79 Å². The molecule has 1 heterocycles. The van der Waals surface area contributed by atoms with E-state index in [9.17, 15) is 19.8 Å². The Morgan fingerprint density at radius 1 is 0.806 bits per heavy atom. The molecule has 8 heteroatoms. The lowest BCUT2D eigenvalue weighted by molar-refractivity contribution is -0.133. The van der Waals surface area contributed by atoms with Crippen molar-refractivity contribution < 1.29 is 29.3 Å². The molecule has 8 nitrogen and oxygen atoms in total. The van der Waals surface area contributed by atoms with Crippen LogP contribution in [0.4, 0.5) is 4.79 Å². The molecule has 2 aromatic rings. The lowest BCUT2D eigenvalue weighted by Gasteiger charge is -2.29. The number of β-amino-alcohol motifs (C(OH)–C–C–N with tert-alkyl or cyclic N) is 2. The molecule has 3 rings (SSSR count). The van der Waals surface area contributed by atoms with E-state index in [2.05, 4.69) is 0 Å². The van der Waals surface area contributed by atoms with Crippen LogP contribution in [0.25, 0.3) is 0 Å². The van der Waals surface area contributed by atoms with Gasteiger partial charge in [-0.05, 0) is 38.1 Å². The van der Waals surface area contributed by atoms with Crippen LogP contribution in [0.1, 0.15) is 13.8 Å². The summed E-state index contributed by atoms with van der Waals surface area (Å²) < 4.78 is 11.0. The number of imide groups is 1. The van der Waals surface area contributed by atoms with Crippen molar-refractivity contribution in [2.75, 3.05) is 26.3 Å². The molecule has 3 amide bonds. The van der Waals surface area contributed by atoms with E-state index in [1.165, 1.54) is 4.90 Å². The molecule has 2 N–H and O–H groups in total. The van der Waals surface area contributed by atoms with E-state index in [1.807, 2.05) is 36.4 Å². The minimum Gasteiger partial charge on any atom is -0.491 e. The van der Waals surface area contributed by atoms with Gasteiger partial charge >= 0.3 is 6.03 Å². The molecule has 1 fully saturated rings. The number of aliphatic hydroxyl groups excluding tert-OH is 2. The summed E-state index contributed by atoms with van der Waals surface area (Å²) in [5.41, 5.74) is -1.15. The third kappa shape index (κ3) is 5.53. The number of urea groups is 1. The fourth-order valence-corrected chi connectivity index (χ4v) is 3.33. The molecule has 0 spiro atoms. The second-order valence-corrected chi connectivity index (χ2v) is 7.92. The molecule has 0 saturated carbocycles. The van der Waals surface area contributed by atoms with Crippen LogP contribution < -0.4 is 9.47 Å². The highest BCUT2D eigenvalue weighted by Gasteiger charge is 2.51. The fourth-order valence-electron chi connectivity index (χ4n) is 3.33. The van der Waals surface area contributed by atoms with E-state index in [0.717, 1.165) is 4.90 Å². The smallest absolute Gasteiger partial charge is 0.327 e. The molecule has 1 saturated heterocycles. The van der Waals surface area contributed by atoms with Gasteiger partial charge in [-0.15, -0.1) is 0 Å². The molecule has 2 aromatic carbocycles. The Labute approximate surface area is 181 Å². The predicted molar refractivity (Wildman–Crippen MR) is 114 cm³/mol. The van der Waals surface area contributed by atoms with Crippen molar-refractivity contribution in [3.8, 4) is 11.5 Å². The first-order valence-electron chi connectivity index (χ1n) is 10.1. The van der Waals surface area contributed by atoms with Crippen LogP contribution in [0.15, 0.2) is 60.7 Å². The van der Waals surface area contributed by atoms with E-state index in [-0.39, 0.29) is 26.3 Å². The van der Waals surface area contributed by atoms with Gasteiger partial charge < -0.3 is 24.6 Å². The number of amides is 3. The SMILES string of the molecule is CC1(C)C(=O)N(CC(O)COc2ccccc2)C(=O)N1CC(O)COc1ccccc1. The molecular weight excluding hydrogens is 400 g/mol. The Balaban J connectivity index is 1.55. The van der Waals surface area contributed by atoms with Crippen molar-refractivity contribution in [1.29, 1.82) is 0 Å². The van der Waals surface area contributed by atoms with Gasteiger partial charge in [-0.3, -0.25) is 9.69 Å². The van der Waals surface area contributed by atoms with Crippen LogP contribution in [-0.4, -0.2) is 76.0 Å². The summed E-state index contributed by atoms with van der Waals surface area (Å²) in [6.45, 7) is 2.88. The van der Waals surface area contributed by atoms with Gasteiger partial charge in [-0.1, -0.05) is 36.4 Å². The summed E-state index contributed by atoms with van der Waals surface area (Å²) in [6.07, 6.45) is -2.03. The predicted octanol–water partition coefficient (Wildman–Crippen LogP) is 1.91. The Bertz CT molecular complexity index is 874. The van der Waals surface area contributed by atoms with Crippen LogP contribution in [-0.2, 0) is 4.79 Å². The lowest BCUT2D eigenvalue weighted by atomic mass is 10.0. The summed E-state index contributed by atoms with van der Waals surface area (Å²) in [5.74, 6) is 0.754. The third-order valence-corrected chi connectivity index (χ3v) is 5.06. The maximum Gasteiger partial charge on any atom is 0.327 e. The number of ether oxygens (including phenoxy) is 2. The first-order chi connectivity index (χ1) is 14.8. The zero-order valence-electron chi connectivity index (χ0n) is 17.7. The second-order valence-electron chi connectivity index (χ2n) is 7.92. The van der Waals surface area contributed by atoms with Gasteiger partial charge in [0, 0.05) is 0 Å². The number of hydrogen-bond donors (Lipinski definition) is 2. The Kier molecular flexibility index (Phi) is 7.14. The molecule has 2 atom stereocenters. The maximum absolute atomic E-state index is 12.9. The maximum atomic E-state index is 12.9. The van der Waals surface area contributed by atoms with E-state index in [0.29, 0.717) is 11.5 Å². The van der Waals surface area contributed by atoms with Gasteiger partial charge in [-0.2, -0.15) is 0 Å². The van der Waals surface area contributed by atoms with E-state index >= 15 is 0 Å². The number of benzene rings is 2. The van der Waals surface area contributed by atoms with E-state index in [4.69, 9.17) is 9.47 Å². The van der Waals surface area contributed by atoms with Crippen molar-refractivity contribution in [2.45, 2.75) is 31.6 Å².